The van der Waals surface area contributed by atoms with Gasteiger partial charge < -0.3 is 15.4 Å². The van der Waals surface area contributed by atoms with Crippen molar-refractivity contribution in [2.75, 3.05) is 12.4 Å². The lowest BCUT2D eigenvalue weighted by molar-refractivity contribution is -0.123. The standard InChI is InChI=1S/C20H20ClN3O3S/c1-11-4-6-14(8-12(11)2)22-19(26)17-10-18(25)24-20(28-17)23-15-9-13(21)5-7-16(15)27-3/h4-9,17H,10H2,1-3H3,(H,22,26)(H,23,24,25). The smallest absolute Gasteiger partial charge is 0.238 e. The molecule has 1 fully saturated rings. The Morgan fingerprint density at radius 1 is 1.25 bits per heavy atom. The number of anilines is 1. The highest BCUT2D eigenvalue weighted by Gasteiger charge is 2.30. The third-order valence-corrected chi connectivity index (χ3v) is 5.62. The molecule has 1 atom stereocenters. The number of amidine groups is 1. The second-order valence-electron chi connectivity index (χ2n) is 6.38. The van der Waals surface area contributed by atoms with Crippen molar-refractivity contribution in [3.8, 4) is 5.75 Å². The fraction of sp³-hybridized carbons (Fsp3) is 0.250. The van der Waals surface area contributed by atoms with E-state index in [4.69, 9.17) is 16.3 Å². The zero-order valence-corrected chi connectivity index (χ0v) is 17.3. The number of halogens is 1. The number of hydrogen-bond acceptors (Lipinski definition) is 5. The fourth-order valence-corrected chi connectivity index (χ4v) is 3.81. The van der Waals surface area contributed by atoms with Crippen LogP contribution in [-0.2, 0) is 9.59 Å². The topological polar surface area (TPSA) is 79.8 Å². The summed E-state index contributed by atoms with van der Waals surface area (Å²) in [6.45, 7) is 3.99. The van der Waals surface area contributed by atoms with Crippen LogP contribution < -0.4 is 15.4 Å². The lowest BCUT2D eigenvalue weighted by Crippen LogP contribution is -2.41. The summed E-state index contributed by atoms with van der Waals surface area (Å²) in [7, 11) is 1.53. The lowest BCUT2D eigenvalue weighted by Gasteiger charge is -2.22. The van der Waals surface area contributed by atoms with Crippen LogP contribution in [0.1, 0.15) is 17.5 Å². The van der Waals surface area contributed by atoms with Crippen molar-refractivity contribution in [2.45, 2.75) is 25.5 Å². The summed E-state index contributed by atoms with van der Waals surface area (Å²) >= 11 is 7.23. The number of carbonyl (C=O) groups is 2. The van der Waals surface area contributed by atoms with Crippen LogP contribution >= 0.6 is 23.4 Å². The van der Waals surface area contributed by atoms with Crippen LogP contribution in [0, 0.1) is 13.8 Å². The summed E-state index contributed by atoms with van der Waals surface area (Å²) in [5.41, 5.74) is 3.42. The Labute approximate surface area is 172 Å². The predicted molar refractivity (Wildman–Crippen MR) is 114 cm³/mol. The highest BCUT2D eigenvalue weighted by Crippen LogP contribution is 2.32. The van der Waals surface area contributed by atoms with Crippen LogP contribution in [0.4, 0.5) is 11.4 Å². The largest absolute Gasteiger partial charge is 0.494 e. The van der Waals surface area contributed by atoms with Gasteiger partial charge >= 0.3 is 0 Å². The van der Waals surface area contributed by atoms with Crippen LogP contribution in [0.3, 0.4) is 0 Å². The Morgan fingerprint density at radius 3 is 2.75 bits per heavy atom. The van der Waals surface area contributed by atoms with Gasteiger partial charge in [-0.15, -0.1) is 0 Å². The molecule has 2 amide bonds. The number of benzene rings is 2. The number of methoxy groups -OCH3 is 1. The van der Waals surface area contributed by atoms with Crippen molar-refractivity contribution in [3.63, 3.8) is 0 Å². The molecule has 2 N–H and O–H groups in total. The van der Waals surface area contributed by atoms with Gasteiger partial charge in [-0.05, 0) is 55.3 Å². The van der Waals surface area contributed by atoms with E-state index in [1.54, 1.807) is 18.2 Å². The molecular weight excluding hydrogens is 398 g/mol. The van der Waals surface area contributed by atoms with E-state index in [-0.39, 0.29) is 18.2 Å². The first kappa shape index (κ1) is 20.2. The van der Waals surface area contributed by atoms with Crippen molar-refractivity contribution < 1.29 is 14.3 Å². The van der Waals surface area contributed by atoms with Crippen molar-refractivity contribution in [3.05, 3.63) is 52.5 Å². The Kier molecular flexibility index (Phi) is 6.26. The number of nitrogens with zero attached hydrogens (tertiary/aromatic N) is 1. The molecule has 1 heterocycles. The average molecular weight is 418 g/mol. The highest BCUT2D eigenvalue weighted by atomic mass is 35.5. The molecule has 1 aliphatic heterocycles. The summed E-state index contributed by atoms with van der Waals surface area (Å²) in [5.74, 6) is 0.0149. The molecule has 3 rings (SSSR count). The second-order valence-corrected chi connectivity index (χ2v) is 8.01. The minimum Gasteiger partial charge on any atom is -0.494 e. The number of aryl methyl sites for hydroxylation is 2. The molecule has 2 aromatic rings. The van der Waals surface area contributed by atoms with Gasteiger partial charge in [0.1, 0.15) is 16.7 Å². The van der Waals surface area contributed by atoms with Crippen molar-refractivity contribution >= 4 is 51.7 Å². The molecule has 0 saturated carbocycles. The number of thioether (sulfide) groups is 1. The van der Waals surface area contributed by atoms with E-state index >= 15 is 0 Å². The van der Waals surface area contributed by atoms with Crippen molar-refractivity contribution in [1.29, 1.82) is 0 Å². The number of nitrogens with one attached hydrogen (secondary N) is 2. The molecule has 6 nitrogen and oxygen atoms in total. The first-order valence-corrected chi connectivity index (χ1v) is 9.88. The van der Waals surface area contributed by atoms with Crippen LogP contribution in [-0.4, -0.2) is 29.3 Å². The zero-order valence-electron chi connectivity index (χ0n) is 15.7. The number of aliphatic imine (C=N–C) groups is 1. The molecule has 0 aromatic heterocycles. The summed E-state index contributed by atoms with van der Waals surface area (Å²) in [6, 6.07) is 10.7. The van der Waals surface area contributed by atoms with Gasteiger partial charge in [-0.25, -0.2) is 4.99 Å². The van der Waals surface area contributed by atoms with E-state index < -0.39 is 5.25 Å². The van der Waals surface area contributed by atoms with Crippen LogP contribution in [0.25, 0.3) is 0 Å². The first-order chi connectivity index (χ1) is 13.4. The average Bonchev–Trinajstić information content (AvgIpc) is 2.64. The molecule has 1 aliphatic rings. The number of amides is 2. The molecule has 0 spiro atoms. The summed E-state index contributed by atoms with van der Waals surface area (Å²) in [5, 5.41) is 5.82. The monoisotopic (exact) mass is 417 g/mol. The Balaban J connectivity index is 1.78. The Hall–Kier alpha value is -2.51. The van der Waals surface area contributed by atoms with E-state index in [1.807, 2.05) is 32.0 Å². The predicted octanol–water partition coefficient (Wildman–Crippen LogP) is 4.21. The van der Waals surface area contributed by atoms with Gasteiger partial charge in [0.15, 0.2) is 5.17 Å². The summed E-state index contributed by atoms with van der Waals surface area (Å²) in [4.78, 5) is 29.2. The van der Waals surface area contributed by atoms with Gasteiger partial charge in [0.2, 0.25) is 11.8 Å². The van der Waals surface area contributed by atoms with Gasteiger partial charge in [0, 0.05) is 17.1 Å². The zero-order chi connectivity index (χ0) is 20.3. The summed E-state index contributed by atoms with van der Waals surface area (Å²) < 4.78 is 5.28. The van der Waals surface area contributed by atoms with E-state index in [0.717, 1.165) is 11.1 Å². The molecule has 0 radical (unpaired) electrons. The van der Waals surface area contributed by atoms with E-state index in [1.165, 1.54) is 18.9 Å². The van der Waals surface area contributed by atoms with Gasteiger partial charge in [-0.1, -0.05) is 29.4 Å². The van der Waals surface area contributed by atoms with Crippen LogP contribution in [0.5, 0.6) is 5.75 Å². The third kappa shape index (κ3) is 4.85. The first-order valence-electron chi connectivity index (χ1n) is 8.62. The molecule has 1 saturated heterocycles. The number of rotatable bonds is 4. The Morgan fingerprint density at radius 2 is 2.04 bits per heavy atom. The van der Waals surface area contributed by atoms with Crippen molar-refractivity contribution in [2.24, 2.45) is 4.99 Å². The maximum absolute atomic E-state index is 12.7. The minimum absolute atomic E-state index is 0.0764. The number of hydrogen-bond donors (Lipinski definition) is 2. The maximum Gasteiger partial charge on any atom is 0.238 e. The summed E-state index contributed by atoms with van der Waals surface area (Å²) in [6.07, 6.45) is 0.0764. The highest BCUT2D eigenvalue weighted by molar-refractivity contribution is 8.15. The fourth-order valence-electron chi connectivity index (χ4n) is 2.65. The van der Waals surface area contributed by atoms with E-state index in [2.05, 4.69) is 15.6 Å². The SMILES string of the molecule is COc1ccc(Cl)cc1N=C1NC(=O)CC(C(=O)Nc2ccc(C)c(C)c2)S1. The quantitative estimate of drug-likeness (QED) is 0.780. The molecule has 1 unspecified atom stereocenters. The Bertz CT molecular complexity index is 962. The molecular formula is C20H20ClN3O3S. The maximum atomic E-state index is 12.7. The minimum atomic E-state index is -0.584. The lowest BCUT2D eigenvalue weighted by atomic mass is 10.1. The number of ether oxygens (including phenoxy) is 1. The van der Waals surface area contributed by atoms with Crippen LogP contribution in [0.2, 0.25) is 5.02 Å². The molecule has 28 heavy (non-hydrogen) atoms. The number of carbonyl (C=O) groups excluding carboxylic acids is 2. The molecule has 2 aromatic carbocycles. The van der Waals surface area contributed by atoms with Gasteiger partial charge in [-0.2, -0.15) is 0 Å². The van der Waals surface area contributed by atoms with Gasteiger partial charge in [0.05, 0.1) is 7.11 Å². The van der Waals surface area contributed by atoms with Crippen molar-refractivity contribution in [1.82, 2.24) is 5.32 Å². The van der Waals surface area contributed by atoms with Gasteiger partial charge in [0.25, 0.3) is 0 Å². The van der Waals surface area contributed by atoms with E-state index in [0.29, 0.717) is 27.3 Å². The molecule has 0 aliphatic carbocycles. The second kappa shape index (κ2) is 8.67. The van der Waals surface area contributed by atoms with Gasteiger partial charge in [-0.3, -0.25) is 9.59 Å². The third-order valence-electron chi connectivity index (χ3n) is 4.30. The molecule has 8 heteroatoms. The van der Waals surface area contributed by atoms with E-state index in [9.17, 15) is 9.59 Å². The molecule has 0 bridgehead atoms. The van der Waals surface area contributed by atoms with Crippen LogP contribution in [0.15, 0.2) is 41.4 Å². The molecule has 146 valence electrons. The normalized spacial score (nSPS) is 17.9.